The van der Waals surface area contributed by atoms with Gasteiger partial charge in [-0.1, -0.05) is 36.7 Å². The van der Waals surface area contributed by atoms with Gasteiger partial charge >= 0.3 is 0 Å². The van der Waals surface area contributed by atoms with E-state index in [2.05, 4.69) is 17.1 Å². The summed E-state index contributed by atoms with van der Waals surface area (Å²) in [5.41, 5.74) is 1.10. The zero-order valence-corrected chi connectivity index (χ0v) is 12.4. The van der Waals surface area contributed by atoms with Crippen LogP contribution in [0, 0.1) is 0 Å². The van der Waals surface area contributed by atoms with Crippen molar-refractivity contribution in [3.05, 3.63) is 63.4 Å². The van der Waals surface area contributed by atoms with E-state index in [0.29, 0.717) is 17.2 Å². The maximum atomic E-state index is 12.5. The highest BCUT2D eigenvalue weighted by atomic mass is 35.5. The lowest BCUT2D eigenvalue weighted by atomic mass is 10.2. The molecule has 0 saturated heterocycles. The summed E-state index contributed by atoms with van der Waals surface area (Å²) in [4.78, 5) is 12.5. The van der Waals surface area contributed by atoms with E-state index >= 15 is 0 Å². The third-order valence-electron chi connectivity index (χ3n) is 3.39. The Morgan fingerprint density at radius 1 is 1.19 bits per heavy atom. The molecule has 0 aliphatic carbocycles. The Balaban J connectivity index is 2.03. The number of hydrogen-bond donors (Lipinski definition) is 0. The maximum absolute atomic E-state index is 12.5. The number of halogens is 1. The smallest absolute Gasteiger partial charge is 0.296 e. The van der Waals surface area contributed by atoms with E-state index in [9.17, 15) is 4.79 Å². The first-order valence-electron chi connectivity index (χ1n) is 6.87. The topological polar surface area (TPSA) is 52.2 Å². The van der Waals surface area contributed by atoms with E-state index in [1.807, 2.05) is 30.5 Å². The molecule has 0 saturated carbocycles. The average molecular weight is 303 g/mol. The molecule has 0 bridgehead atoms. The number of nitrogens with zero attached hydrogens (tertiary/aromatic N) is 4. The summed E-state index contributed by atoms with van der Waals surface area (Å²) >= 11 is 6.14. The largest absolute Gasteiger partial charge is 0.306 e. The van der Waals surface area contributed by atoms with Crippen LogP contribution in [-0.2, 0) is 13.0 Å². The zero-order valence-electron chi connectivity index (χ0n) is 11.7. The quantitative estimate of drug-likeness (QED) is 0.744. The molecule has 21 heavy (non-hydrogen) atoms. The molecule has 0 unspecified atom stereocenters. The lowest BCUT2D eigenvalue weighted by Gasteiger charge is -2.08. The van der Waals surface area contributed by atoms with Gasteiger partial charge in [-0.3, -0.25) is 9.20 Å². The summed E-state index contributed by atoms with van der Waals surface area (Å²) in [7, 11) is 0. The summed E-state index contributed by atoms with van der Waals surface area (Å²) in [6.45, 7) is 2.49. The van der Waals surface area contributed by atoms with Crippen molar-refractivity contribution in [3.8, 4) is 0 Å². The van der Waals surface area contributed by atoms with Crippen LogP contribution in [0.4, 0.5) is 0 Å². The van der Waals surface area contributed by atoms with Gasteiger partial charge in [0.15, 0.2) is 0 Å². The molecular weight excluding hydrogens is 288 g/mol. The fraction of sp³-hybridized carbons (Fsp3) is 0.267. The zero-order chi connectivity index (χ0) is 14.8. The van der Waals surface area contributed by atoms with Crippen LogP contribution in [-0.4, -0.2) is 19.2 Å². The standard InChI is InChI=1S/C15H15ClN4O/c1-2-5-13-17-18-14-15(21)19(8-9-20(13)14)10-11-6-3-4-7-12(11)16/h3-4,6-9H,2,5,10H2,1H3. The van der Waals surface area contributed by atoms with Gasteiger partial charge in [-0.05, 0) is 18.1 Å². The Kier molecular flexibility index (Phi) is 3.75. The second-order valence-corrected chi connectivity index (χ2v) is 5.29. The Hall–Kier alpha value is -2.14. The van der Waals surface area contributed by atoms with Crippen molar-refractivity contribution >= 4 is 17.2 Å². The van der Waals surface area contributed by atoms with Gasteiger partial charge < -0.3 is 4.57 Å². The second-order valence-electron chi connectivity index (χ2n) is 4.88. The van der Waals surface area contributed by atoms with Crippen LogP contribution < -0.4 is 5.56 Å². The molecule has 0 aliphatic rings. The number of aryl methyl sites for hydroxylation is 1. The first-order chi connectivity index (χ1) is 10.2. The number of aromatic nitrogens is 4. The van der Waals surface area contributed by atoms with Gasteiger partial charge in [0, 0.05) is 23.8 Å². The third-order valence-corrected chi connectivity index (χ3v) is 3.76. The molecule has 0 N–H and O–H groups in total. The summed E-state index contributed by atoms with van der Waals surface area (Å²) in [5.74, 6) is 0.814. The first-order valence-corrected chi connectivity index (χ1v) is 7.25. The van der Waals surface area contributed by atoms with Crippen LogP contribution >= 0.6 is 11.6 Å². The van der Waals surface area contributed by atoms with Crippen molar-refractivity contribution in [2.24, 2.45) is 0 Å². The highest BCUT2D eigenvalue weighted by Gasteiger charge is 2.10. The summed E-state index contributed by atoms with van der Waals surface area (Å²) in [5, 5.41) is 8.74. The van der Waals surface area contributed by atoms with E-state index in [4.69, 9.17) is 11.6 Å². The molecule has 2 aromatic heterocycles. The van der Waals surface area contributed by atoms with E-state index < -0.39 is 0 Å². The van der Waals surface area contributed by atoms with Crippen molar-refractivity contribution in [2.75, 3.05) is 0 Å². The van der Waals surface area contributed by atoms with Crippen molar-refractivity contribution in [1.82, 2.24) is 19.2 Å². The predicted octanol–water partition coefficient (Wildman–Crippen LogP) is 2.55. The molecule has 0 atom stereocenters. The summed E-state index contributed by atoms with van der Waals surface area (Å²) in [6.07, 6.45) is 5.35. The molecule has 0 amide bonds. The number of benzene rings is 1. The van der Waals surface area contributed by atoms with Crippen LogP contribution in [0.3, 0.4) is 0 Å². The van der Waals surface area contributed by atoms with Gasteiger partial charge in [-0.25, -0.2) is 0 Å². The Morgan fingerprint density at radius 3 is 2.76 bits per heavy atom. The van der Waals surface area contributed by atoms with Gasteiger partial charge in [-0.2, -0.15) is 0 Å². The third kappa shape index (κ3) is 2.56. The molecule has 6 heteroatoms. The fourth-order valence-electron chi connectivity index (χ4n) is 2.30. The first kappa shape index (κ1) is 13.8. The van der Waals surface area contributed by atoms with E-state index in [0.717, 1.165) is 24.2 Å². The highest BCUT2D eigenvalue weighted by molar-refractivity contribution is 6.31. The molecule has 0 spiro atoms. The van der Waals surface area contributed by atoms with Crippen molar-refractivity contribution in [2.45, 2.75) is 26.3 Å². The lowest BCUT2D eigenvalue weighted by molar-refractivity contribution is 0.744. The van der Waals surface area contributed by atoms with Crippen LogP contribution in [0.1, 0.15) is 24.7 Å². The van der Waals surface area contributed by atoms with E-state index in [1.54, 1.807) is 15.2 Å². The van der Waals surface area contributed by atoms with Crippen LogP contribution in [0.5, 0.6) is 0 Å². The van der Waals surface area contributed by atoms with E-state index in [1.165, 1.54) is 0 Å². The Labute approximate surface area is 126 Å². The highest BCUT2D eigenvalue weighted by Crippen LogP contribution is 2.15. The van der Waals surface area contributed by atoms with Crippen LogP contribution in [0.2, 0.25) is 5.02 Å². The van der Waals surface area contributed by atoms with Crippen molar-refractivity contribution < 1.29 is 0 Å². The summed E-state index contributed by atoms with van der Waals surface area (Å²) < 4.78 is 3.36. The van der Waals surface area contributed by atoms with Crippen LogP contribution in [0.25, 0.3) is 5.65 Å². The van der Waals surface area contributed by atoms with Crippen molar-refractivity contribution in [1.29, 1.82) is 0 Å². The molecule has 1 aromatic carbocycles. The average Bonchev–Trinajstić information content (AvgIpc) is 2.89. The lowest BCUT2D eigenvalue weighted by Crippen LogP contribution is -2.22. The molecule has 5 nitrogen and oxygen atoms in total. The summed E-state index contributed by atoms with van der Waals surface area (Å²) in [6, 6.07) is 7.50. The normalized spacial score (nSPS) is 11.1. The minimum atomic E-state index is -0.160. The number of hydrogen-bond acceptors (Lipinski definition) is 3. The monoisotopic (exact) mass is 302 g/mol. The van der Waals surface area contributed by atoms with Gasteiger partial charge in [0.2, 0.25) is 5.65 Å². The minimum Gasteiger partial charge on any atom is -0.306 e. The minimum absolute atomic E-state index is 0.160. The van der Waals surface area contributed by atoms with Crippen molar-refractivity contribution in [3.63, 3.8) is 0 Å². The predicted molar refractivity (Wildman–Crippen MR) is 81.8 cm³/mol. The fourth-order valence-corrected chi connectivity index (χ4v) is 2.49. The van der Waals surface area contributed by atoms with Gasteiger partial charge in [0.05, 0.1) is 6.54 Å². The molecule has 0 aliphatic heterocycles. The Bertz CT molecular complexity index is 837. The van der Waals surface area contributed by atoms with Gasteiger partial charge in [0.25, 0.3) is 5.56 Å². The van der Waals surface area contributed by atoms with Crippen LogP contribution in [0.15, 0.2) is 41.5 Å². The number of rotatable bonds is 4. The second kappa shape index (κ2) is 5.69. The Morgan fingerprint density at radius 2 is 2.00 bits per heavy atom. The molecule has 0 fully saturated rings. The molecule has 3 aromatic rings. The maximum Gasteiger partial charge on any atom is 0.296 e. The molecule has 0 radical (unpaired) electrons. The molecule has 108 valence electrons. The van der Waals surface area contributed by atoms with Gasteiger partial charge in [-0.15, -0.1) is 10.2 Å². The molecule has 2 heterocycles. The number of fused-ring (bicyclic) bond motifs is 1. The van der Waals surface area contributed by atoms with E-state index in [-0.39, 0.29) is 5.56 Å². The SMILES string of the molecule is CCCc1nnc2c(=O)n(Cc3ccccc3Cl)ccn12. The van der Waals surface area contributed by atoms with Gasteiger partial charge in [0.1, 0.15) is 5.82 Å². The molecular formula is C15H15ClN4O. The molecule has 3 rings (SSSR count).